The minimum absolute atomic E-state index is 0.586. The van der Waals surface area contributed by atoms with Gasteiger partial charge in [-0.3, -0.25) is 9.97 Å². The maximum Gasteiger partial charge on any atom is 0.180 e. The second kappa shape index (κ2) is 8.52. The van der Waals surface area contributed by atoms with Gasteiger partial charge in [0.1, 0.15) is 11.5 Å². The third kappa shape index (κ3) is 4.10. The van der Waals surface area contributed by atoms with Crippen LogP contribution >= 0.6 is 0 Å². The van der Waals surface area contributed by atoms with Crippen molar-refractivity contribution in [1.82, 2.24) is 19.9 Å². The highest BCUT2D eigenvalue weighted by Crippen LogP contribution is 2.29. The summed E-state index contributed by atoms with van der Waals surface area (Å²) in [5.41, 5.74) is 5.99. The SMILES string of the molecule is CNc1cc(-c2cncc(-c3ccc(N4CCCC4)cc3)c2)nc(-c2ccccn2)n1. The summed E-state index contributed by atoms with van der Waals surface area (Å²) in [5, 5.41) is 3.12. The zero-order valence-corrected chi connectivity index (χ0v) is 17.5. The standard InChI is InChI=1S/C25H24N6/c1-26-24-15-23(29-25(30-24)22-6-2-3-11-28-22)20-14-19(16-27-17-20)18-7-9-21(10-8-18)31-12-4-5-13-31/h2-3,6-11,14-17H,4-5,12-13H2,1H3,(H,26,29,30). The Bertz CT molecular complexity index is 1170. The molecule has 5 rings (SSSR count). The molecule has 1 aliphatic rings. The zero-order valence-electron chi connectivity index (χ0n) is 17.5. The third-order valence-electron chi connectivity index (χ3n) is 5.58. The number of hydrogen-bond donors (Lipinski definition) is 1. The number of rotatable bonds is 5. The van der Waals surface area contributed by atoms with Crippen LogP contribution in [0.2, 0.25) is 0 Å². The summed E-state index contributed by atoms with van der Waals surface area (Å²) >= 11 is 0. The zero-order chi connectivity index (χ0) is 21.0. The van der Waals surface area contributed by atoms with E-state index in [0.29, 0.717) is 5.82 Å². The molecule has 0 unspecified atom stereocenters. The first-order valence-electron chi connectivity index (χ1n) is 10.6. The van der Waals surface area contributed by atoms with Crippen LogP contribution in [0.3, 0.4) is 0 Å². The van der Waals surface area contributed by atoms with Gasteiger partial charge in [-0.2, -0.15) is 0 Å². The van der Waals surface area contributed by atoms with Gasteiger partial charge in [0.25, 0.3) is 0 Å². The lowest BCUT2D eigenvalue weighted by Gasteiger charge is -2.17. The summed E-state index contributed by atoms with van der Waals surface area (Å²) in [6, 6.07) is 18.5. The van der Waals surface area contributed by atoms with Crippen LogP contribution in [0.15, 0.2) is 73.2 Å². The van der Waals surface area contributed by atoms with Gasteiger partial charge in [-0.25, -0.2) is 9.97 Å². The van der Waals surface area contributed by atoms with Crippen molar-refractivity contribution in [1.29, 1.82) is 0 Å². The second-order valence-corrected chi connectivity index (χ2v) is 7.63. The molecule has 4 aromatic rings. The van der Waals surface area contributed by atoms with Gasteiger partial charge in [0, 0.05) is 61.6 Å². The number of hydrogen-bond acceptors (Lipinski definition) is 6. The van der Waals surface area contributed by atoms with Crippen molar-refractivity contribution in [2.24, 2.45) is 0 Å². The van der Waals surface area contributed by atoms with Crippen molar-refractivity contribution in [2.45, 2.75) is 12.8 Å². The fourth-order valence-electron chi connectivity index (χ4n) is 3.91. The lowest BCUT2D eigenvalue weighted by Crippen LogP contribution is -2.17. The van der Waals surface area contributed by atoms with E-state index in [0.717, 1.165) is 47.0 Å². The Balaban J connectivity index is 1.49. The Morgan fingerprint density at radius 1 is 0.806 bits per heavy atom. The number of pyridine rings is 2. The summed E-state index contributed by atoms with van der Waals surface area (Å²) in [6.07, 6.45) is 8.04. The van der Waals surface area contributed by atoms with Crippen LogP contribution in [-0.2, 0) is 0 Å². The fourth-order valence-corrected chi connectivity index (χ4v) is 3.91. The van der Waals surface area contributed by atoms with Gasteiger partial charge in [0.2, 0.25) is 0 Å². The predicted molar refractivity (Wildman–Crippen MR) is 125 cm³/mol. The molecule has 1 aliphatic heterocycles. The Kier molecular flexibility index (Phi) is 5.27. The molecule has 0 atom stereocenters. The molecule has 0 amide bonds. The van der Waals surface area contributed by atoms with Gasteiger partial charge in [0.15, 0.2) is 5.82 Å². The first kappa shape index (κ1) is 19.2. The molecule has 1 N–H and O–H groups in total. The highest BCUT2D eigenvalue weighted by Gasteiger charge is 2.13. The molecular weight excluding hydrogens is 384 g/mol. The van der Waals surface area contributed by atoms with Crippen molar-refractivity contribution < 1.29 is 0 Å². The molecule has 0 radical (unpaired) electrons. The van der Waals surface area contributed by atoms with E-state index in [1.54, 1.807) is 6.20 Å². The summed E-state index contributed by atoms with van der Waals surface area (Å²) in [5.74, 6) is 1.33. The maximum atomic E-state index is 4.76. The number of anilines is 2. The molecule has 4 heterocycles. The van der Waals surface area contributed by atoms with Crippen LogP contribution in [0.5, 0.6) is 0 Å². The fraction of sp³-hybridized carbons (Fsp3) is 0.200. The van der Waals surface area contributed by atoms with E-state index in [-0.39, 0.29) is 0 Å². The van der Waals surface area contributed by atoms with Crippen molar-refractivity contribution >= 4 is 11.5 Å². The Morgan fingerprint density at radius 2 is 1.61 bits per heavy atom. The highest BCUT2D eigenvalue weighted by atomic mass is 15.1. The van der Waals surface area contributed by atoms with Crippen molar-refractivity contribution in [3.05, 3.63) is 73.2 Å². The molecule has 1 fully saturated rings. The van der Waals surface area contributed by atoms with E-state index in [1.165, 1.54) is 18.5 Å². The van der Waals surface area contributed by atoms with Gasteiger partial charge in [-0.05, 0) is 48.7 Å². The molecule has 31 heavy (non-hydrogen) atoms. The van der Waals surface area contributed by atoms with Crippen molar-refractivity contribution in [3.63, 3.8) is 0 Å². The minimum atomic E-state index is 0.586. The lowest BCUT2D eigenvalue weighted by atomic mass is 10.0. The topological polar surface area (TPSA) is 66.8 Å². The summed E-state index contributed by atoms with van der Waals surface area (Å²) in [4.78, 5) is 20.7. The van der Waals surface area contributed by atoms with Gasteiger partial charge in [0.05, 0.1) is 5.69 Å². The summed E-state index contributed by atoms with van der Waals surface area (Å²) in [7, 11) is 1.85. The van der Waals surface area contributed by atoms with Crippen molar-refractivity contribution in [2.75, 3.05) is 30.4 Å². The predicted octanol–water partition coefficient (Wildman–Crippen LogP) is 4.91. The molecule has 0 spiro atoms. The molecule has 1 saturated heterocycles. The average molecular weight is 409 g/mol. The van der Waals surface area contributed by atoms with Gasteiger partial charge < -0.3 is 10.2 Å². The van der Waals surface area contributed by atoms with E-state index >= 15 is 0 Å². The first-order valence-corrected chi connectivity index (χ1v) is 10.6. The lowest BCUT2D eigenvalue weighted by molar-refractivity contribution is 0.949. The smallest absolute Gasteiger partial charge is 0.180 e. The summed E-state index contributed by atoms with van der Waals surface area (Å²) < 4.78 is 0. The monoisotopic (exact) mass is 408 g/mol. The van der Waals surface area contributed by atoms with E-state index in [9.17, 15) is 0 Å². The average Bonchev–Trinajstić information content (AvgIpc) is 3.40. The molecule has 0 bridgehead atoms. The number of nitrogens with one attached hydrogen (secondary N) is 1. The minimum Gasteiger partial charge on any atom is -0.373 e. The van der Waals surface area contributed by atoms with Crippen LogP contribution in [0.4, 0.5) is 11.5 Å². The number of aromatic nitrogens is 4. The Labute approximate surface area is 182 Å². The molecule has 0 saturated carbocycles. The molecular formula is C25H24N6. The second-order valence-electron chi connectivity index (χ2n) is 7.63. The number of nitrogens with zero attached hydrogens (tertiary/aromatic N) is 5. The van der Waals surface area contributed by atoms with Crippen LogP contribution in [0.25, 0.3) is 33.9 Å². The largest absolute Gasteiger partial charge is 0.373 e. The van der Waals surface area contributed by atoms with Crippen LogP contribution < -0.4 is 10.2 Å². The van der Waals surface area contributed by atoms with Gasteiger partial charge >= 0.3 is 0 Å². The highest BCUT2D eigenvalue weighted by molar-refractivity contribution is 5.73. The van der Waals surface area contributed by atoms with Gasteiger partial charge in [-0.15, -0.1) is 0 Å². The normalized spacial score (nSPS) is 13.4. The maximum absolute atomic E-state index is 4.76. The molecule has 6 nitrogen and oxygen atoms in total. The first-order chi connectivity index (χ1) is 15.3. The Hall–Kier alpha value is -3.80. The quantitative estimate of drug-likeness (QED) is 0.506. The molecule has 0 aliphatic carbocycles. The van der Waals surface area contributed by atoms with Gasteiger partial charge in [-0.1, -0.05) is 18.2 Å². The van der Waals surface area contributed by atoms with E-state index in [4.69, 9.17) is 4.98 Å². The van der Waals surface area contributed by atoms with Crippen LogP contribution in [0.1, 0.15) is 12.8 Å². The van der Waals surface area contributed by atoms with E-state index < -0.39 is 0 Å². The molecule has 6 heteroatoms. The molecule has 3 aromatic heterocycles. The van der Waals surface area contributed by atoms with E-state index in [2.05, 4.69) is 55.5 Å². The molecule has 154 valence electrons. The third-order valence-corrected chi connectivity index (χ3v) is 5.58. The van der Waals surface area contributed by atoms with Crippen molar-refractivity contribution in [3.8, 4) is 33.9 Å². The molecule has 1 aromatic carbocycles. The summed E-state index contributed by atoms with van der Waals surface area (Å²) in [6.45, 7) is 2.30. The number of benzene rings is 1. The van der Waals surface area contributed by atoms with Crippen LogP contribution in [0, 0.1) is 0 Å². The Morgan fingerprint density at radius 3 is 2.35 bits per heavy atom. The van der Waals surface area contributed by atoms with E-state index in [1.807, 2.05) is 43.7 Å². The van der Waals surface area contributed by atoms with Crippen LogP contribution in [-0.4, -0.2) is 40.1 Å².